The quantitative estimate of drug-likeness (QED) is 0.463. The lowest BCUT2D eigenvalue weighted by Crippen LogP contribution is -2.22. The van der Waals surface area contributed by atoms with Gasteiger partial charge in [-0.3, -0.25) is 19.9 Å². The molecule has 6 nitrogen and oxygen atoms in total. The fourth-order valence-corrected chi connectivity index (χ4v) is 2.07. The molecule has 0 aliphatic carbocycles. The summed E-state index contributed by atoms with van der Waals surface area (Å²) < 4.78 is 0. The smallest absolute Gasteiger partial charge is 0.280 e. The number of nitro benzene ring substituents is 1. The molecular weight excluding hydrogens is 270 g/mol. The molecule has 21 heavy (non-hydrogen) atoms. The van der Waals surface area contributed by atoms with Crippen LogP contribution in [0.1, 0.15) is 23.0 Å². The molecule has 2 aromatic rings. The minimum atomic E-state index is -0.553. The van der Waals surface area contributed by atoms with Crippen LogP contribution in [-0.4, -0.2) is 22.7 Å². The predicted molar refractivity (Wildman–Crippen MR) is 79.4 cm³/mol. The molecule has 1 aromatic carbocycles. The highest BCUT2D eigenvalue weighted by atomic mass is 16.6. The molecule has 0 aliphatic heterocycles. The van der Waals surface area contributed by atoms with Gasteiger partial charge in [0.15, 0.2) is 6.29 Å². The van der Waals surface area contributed by atoms with Crippen molar-refractivity contribution in [1.82, 2.24) is 4.98 Å². The summed E-state index contributed by atoms with van der Waals surface area (Å²) in [6, 6.07) is 10.2. The van der Waals surface area contributed by atoms with Crippen LogP contribution in [0.3, 0.4) is 0 Å². The minimum absolute atomic E-state index is 0.0805. The molecule has 0 radical (unpaired) electrons. The Bertz CT molecular complexity index is 644. The highest BCUT2D eigenvalue weighted by molar-refractivity contribution is 5.83. The Morgan fingerprint density at radius 2 is 2.14 bits per heavy atom. The average molecular weight is 285 g/mol. The van der Waals surface area contributed by atoms with E-state index in [4.69, 9.17) is 0 Å². The van der Waals surface area contributed by atoms with E-state index in [1.165, 1.54) is 12.1 Å². The van der Waals surface area contributed by atoms with Gasteiger partial charge in [-0.25, -0.2) is 0 Å². The van der Waals surface area contributed by atoms with E-state index in [0.29, 0.717) is 19.4 Å². The Kier molecular flexibility index (Phi) is 4.61. The molecule has 0 saturated carbocycles. The van der Waals surface area contributed by atoms with Gasteiger partial charge in [-0.2, -0.15) is 0 Å². The van der Waals surface area contributed by atoms with Crippen LogP contribution < -0.4 is 4.90 Å². The number of hydrogen-bond acceptors (Lipinski definition) is 5. The molecule has 0 aliphatic rings. The van der Waals surface area contributed by atoms with E-state index in [1.807, 2.05) is 30.0 Å². The molecule has 0 spiro atoms. The zero-order valence-corrected chi connectivity index (χ0v) is 11.6. The normalized spacial score (nSPS) is 10.1. The largest absolute Gasteiger partial charge is 0.366 e. The van der Waals surface area contributed by atoms with E-state index in [1.54, 1.807) is 12.3 Å². The number of anilines is 1. The van der Waals surface area contributed by atoms with E-state index in [0.717, 1.165) is 11.4 Å². The maximum atomic E-state index is 11.0. The first-order valence-corrected chi connectivity index (χ1v) is 6.54. The number of nitrogens with zero attached hydrogens (tertiary/aromatic N) is 3. The van der Waals surface area contributed by atoms with Crippen LogP contribution in [0, 0.1) is 10.1 Å². The number of benzene rings is 1. The van der Waals surface area contributed by atoms with Gasteiger partial charge in [-0.15, -0.1) is 0 Å². The Labute approximate surface area is 122 Å². The summed E-state index contributed by atoms with van der Waals surface area (Å²) in [5.74, 6) is 0. The highest BCUT2D eigenvalue weighted by Crippen LogP contribution is 2.24. The lowest BCUT2D eigenvalue weighted by molar-refractivity contribution is -0.385. The van der Waals surface area contributed by atoms with Crippen molar-refractivity contribution < 1.29 is 9.72 Å². The number of carbonyl (C=O) groups is 1. The summed E-state index contributed by atoms with van der Waals surface area (Å²) in [4.78, 5) is 27.6. The van der Waals surface area contributed by atoms with Crippen LogP contribution in [0.25, 0.3) is 0 Å². The molecule has 108 valence electrons. The van der Waals surface area contributed by atoms with Crippen LogP contribution in [0.2, 0.25) is 0 Å². The van der Waals surface area contributed by atoms with Crippen LogP contribution in [0.15, 0.2) is 42.6 Å². The molecule has 6 heteroatoms. The zero-order chi connectivity index (χ0) is 15.2. The van der Waals surface area contributed by atoms with Gasteiger partial charge in [0.05, 0.1) is 22.7 Å². The van der Waals surface area contributed by atoms with E-state index in [9.17, 15) is 14.9 Å². The van der Waals surface area contributed by atoms with Crippen molar-refractivity contribution in [2.24, 2.45) is 0 Å². The van der Waals surface area contributed by atoms with E-state index in [2.05, 4.69) is 4.98 Å². The first-order chi connectivity index (χ1) is 10.2. The molecule has 1 heterocycles. The van der Waals surface area contributed by atoms with Crippen molar-refractivity contribution >= 4 is 17.7 Å². The van der Waals surface area contributed by atoms with E-state index in [-0.39, 0.29) is 11.3 Å². The lowest BCUT2D eigenvalue weighted by Gasteiger charge is -2.22. The molecule has 0 N–H and O–H groups in total. The molecule has 0 atom stereocenters. The monoisotopic (exact) mass is 285 g/mol. The molecule has 0 bridgehead atoms. The van der Waals surface area contributed by atoms with E-state index >= 15 is 0 Å². The summed E-state index contributed by atoms with van der Waals surface area (Å²) in [5.41, 5.74) is 1.56. The standard InChI is InChI=1S/C15H15N3O3/c1-2-17(10-13-5-3-4-8-16-13)14-6-7-15(18(20)21)12(9-14)11-19/h3-9,11H,2,10H2,1H3. The van der Waals surface area contributed by atoms with Crippen molar-refractivity contribution in [1.29, 1.82) is 0 Å². The van der Waals surface area contributed by atoms with Crippen LogP contribution in [0.5, 0.6) is 0 Å². The average Bonchev–Trinajstić information content (AvgIpc) is 2.52. The summed E-state index contributed by atoms with van der Waals surface area (Å²) in [6.45, 7) is 3.26. The minimum Gasteiger partial charge on any atom is -0.366 e. The summed E-state index contributed by atoms with van der Waals surface area (Å²) in [5, 5.41) is 10.8. The third-order valence-electron chi connectivity index (χ3n) is 3.16. The first kappa shape index (κ1) is 14.6. The zero-order valence-electron chi connectivity index (χ0n) is 11.6. The van der Waals surface area contributed by atoms with Gasteiger partial charge < -0.3 is 4.90 Å². The number of pyridine rings is 1. The Balaban J connectivity index is 2.30. The number of rotatable bonds is 6. The number of aldehydes is 1. The fraction of sp³-hybridized carbons (Fsp3) is 0.200. The van der Waals surface area contributed by atoms with Crippen LogP contribution >= 0.6 is 0 Å². The first-order valence-electron chi connectivity index (χ1n) is 6.54. The maximum Gasteiger partial charge on any atom is 0.280 e. The molecule has 0 unspecified atom stereocenters. The molecule has 1 aromatic heterocycles. The van der Waals surface area contributed by atoms with Gasteiger partial charge >= 0.3 is 0 Å². The van der Waals surface area contributed by atoms with Crippen molar-refractivity contribution in [2.75, 3.05) is 11.4 Å². The second-order valence-electron chi connectivity index (χ2n) is 4.45. The number of hydrogen-bond donors (Lipinski definition) is 0. The Hall–Kier alpha value is -2.76. The summed E-state index contributed by atoms with van der Waals surface area (Å²) in [7, 11) is 0. The van der Waals surface area contributed by atoms with Gasteiger partial charge in [-0.05, 0) is 31.2 Å². The SMILES string of the molecule is CCN(Cc1ccccn1)c1ccc([N+](=O)[O-])c(C=O)c1. The highest BCUT2D eigenvalue weighted by Gasteiger charge is 2.15. The second-order valence-corrected chi connectivity index (χ2v) is 4.45. The van der Waals surface area contributed by atoms with Crippen molar-refractivity contribution in [3.8, 4) is 0 Å². The van der Waals surface area contributed by atoms with Gasteiger partial charge in [0.1, 0.15) is 0 Å². The van der Waals surface area contributed by atoms with Crippen molar-refractivity contribution in [3.05, 3.63) is 64.0 Å². The molecule has 0 saturated heterocycles. The van der Waals surface area contributed by atoms with Gasteiger partial charge in [0.2, 0.25) is 0 Å². The van der Waals surface area contributed by atoms with Gasteiger partial charge in [-0.1, -0.05) is 6.07 Å². The van der Waals surface area contributed by atoms with Crippen molar-refractivity contribution in [2.45, 2.75) is 13.5 Å². The van der Waals surface area contributed by atoms with Crippen LogP contribution in [-0.2, 0) is 6.54 Å². The number of aromatic nitrogens is 1. The third kappa shape index (κ3) is 3.42. The summed E-state index contributed by atoms with van der Waals surface area (Å²) >= 11 is 0. The van der Waals surface area contributed by atoms with Gasteiger partial charge in [0.25, 0.3) is 5.69 Å². The van der Waals surface area contributed by atoms with E-state index < -0.39 is 4.92 Å². The fourth-order valence-electron chi connectivity index (χ4n) is 2.07. The molecule has 0 amide bonds. The number of nitro groups is 1. The topological polar surface area (TPSA) is 76.3 Å². The van der Waals surface area contributed by atoms with Crippen LogP contribution in [0.4, 0.5) is 11.4 Å². The lowest BCUT2D eigenvalue weighted by atomic mass is 10.1. The molecule has 2 rings (SSSR count). The molecule has 0 fully saturated rings. The summed E-state index contributed by atoms with van der Waals surface area (Å²) in [6.07, 6.45) is 2.23. The Morgan fingerprint density at radius 1 is 1.33 bits per heavy atom. The van der Waals surface area contributed by atoms with Crippen molar-refractivity contribution in [3.63, 3.8) is 0 Å². The predicted octanol–water partition coefficient (Wildman–Crippen LogP) is 2.83. The molecular formula is C15H15N3O3. The number of carbonyl (C=O) groups excluding carboxylic acids is 1. The second kappa shape index (κ2) is 6.60. The van der Waals surface area contributed by atoms with Gasteiger partial charge in [0, 0.05) is 24.5 Å². The Morgan fingerprint density at radius 3 is 2.71 bits per heavy atom. The maximum absolute atomic E-state index is 11.0. The third-order valence-corrected chi connectivity index (χ3v) is 3.16.